The summed E-state index contributed by atoms with van der Waals surface area (Å²) in [4.78, 5) is 26.1. The summed E-state index contributed by atoms with van der Waals surface area (Å²) >= 11 is 0. The lowest BCUT2D eigenvalue weighted by molar-refractivity contribution is -0.151. The number of amides is 1. The van der Waals surface area contributed by atoms with Gasteiger partial charge in [-0.05, 0) is 25.7 Å². The highest BCUT2D eigenvalue weighted by molar-refractivity contribution is 5.77. The first kappa shape index (κ1) is 58.9. The average Bonchev–Trinajstić information content (AvgIpc) is 3.24. The van der Waals surface area contributed by atoms with E-state index in [0.29, 0.717) is 19.3 Å². The van der Waals surface area contributed by atoms with Crippen LogP contribution in [0.5, 0.6) is 0 Å². The number of nitrogens with one attached hydrogen (secondary N) is 1. The van der Waals surface area contributed by atoms with Crippen LogP contribution >= 0.6 is 0 Å². The number of aliphatic hydroxyl groups excluding tert-OH is 2. The number of rotatable bonds is 50. The molecule has 0 aromatic heterocycles. The molecule has 6 heteroatoms. The Kier molecular flexibility index (Phi) is 48.0. The molecule has 3 unspecified atom stereocenters. The molecule has 6 nitrogen and oxygen atoms in total. The fourth-order valence-electron chi connectivity index (χ4n) is 8.79. The topological polar surface area (TPSA) is 95.9 Å². The fraction of sp³-hybridized carbons (Fsp3) is 0.963. The molecule has 0 heterocycles. The molecule has 0 saturated heterocycles. The Morgan fingerprint density at radius 3 is 1.02 bits per heavy atom. The van der Waals surface area contributed by atoms with E-state index in [2.05, 4.69) is 26.1 Å². The molecular weight excluding hydrogens is 743 g/mol. The van der Waals surface area contributed by atoms with Crippen molar-refractivity contribution in [2.24, 2.45) is 0 Å². The molecular formula is C54H107NO5. The largest absolute Gasteiger partial charge is 0.462 e. The van der Waals surface area contributed by atoms with Gasteiger partial charge in [-0.3, -0.25) is 9.59 Å². The summed E-state index contributed by atoms with van der Waals surface area (Å²) in [5, 5.41) is 23.8. The van der Waals surface area contributed by atoms with Crippen LogP contribution in [0.2, 0.25) is 0 Å². The van der Waals surface area contributed by atoms with Crippen LogP contribution in [0.4, 0.5) is 0 Å². The van der Waals surface area contributed by atoms with Crippen molar-refractivity contribution in [1.29, 1.82) is 0 Å². The maximum Gasteiger partial charge on any atom is 0.306 e. The minimum absolute atomic E-state index is 0.0878. The third-order valence-electron chi connectivity index (χ3n) is 12.9. The zero-order chi connectivity index (χ0) is 43.8. The van der Waals surface area contributed by atoms with Gasteiger partial charge in [0.25, 0.3) is 0 Å². The molecule has 0 rings (SSSR count). The van der Waals surface area contributed by atoms with Crippen molar-refractivity contribution in [1.82, 2.24) is 5.32 Å². The van der Waals surface area contributed by atoms with Gasteiger partial charge in [-0.25, -0.2) is 0 Å². The maximum atomic E-state index is 13.2. The Labute approximate surface area is 375 Å². The van der Waals surface area contributed by atoms with Crippen LogP contribution in [-0.4, -0.2) is 46.9 Å². The number of hydrogen-bond acceptors (Lipinski definition) is 5. The van der Waals surface area contributed by atoms with Gasteiger partial charge in [0, 0.05) is 6.42 Å². The van der Waals surface area contributed by atoms with E-state index in [1.807, 2.05) is 0 Å². The van der Waals surface area contributed by atoms with E-state index >= 15 is 0 Å². The van der Waals surface area contributed by atoms with E-state index in [0.717, 1.165) is 44.9 Å². The standard InChI is InChI=1S/C54H107NO5/c1-4-7-10-13-16-19-21-23-25-26-28-29-31-34-36-39-42-45-50(60-54(59)47-44-41-38-33-18-15-12-9-6-3)48-53(58)55-51(49-56)52(57)46-43-40-37-35-32-30-27-24-22-20-17-14-11-8-5-2/h50-52,56-57H,4-49H2,1-3H3,(H,55,58). The van der Waals surface area contributed by atoms with Crippen molar-refractivity contribution in [3.63, 3.8) is 0 Å². The van der Waals surface area contributed by atoms with Crippen LogP contribution < -0.4 is 5.32 Å². The number of esters is 1. The number of hydrogen-bond donors (Lipinski definition) is 3. The van der Waals surface area contributed by atoms with E-state index in [-0.39, 0.29) is 24.9 Å². The molecule has 0 aliphatic heterocycles. The second-order valence-corrected chi connectivity index (χ2v) is 19.0. The molecule has 0 aliphatic carbocycles. The lowest BCUT2D eigenvalue weighted by atomic mass is 10.0. The molecule has 0 aromatic rings. The molecule has 60 heavy (non-hydrogen) atoms. The SMILES string of the molecule is CCCCCCCCCCCCCCCCCCCC(CC(=O)NC(CO)C(O)CCCCCCCCCCCCCCCCC)OC(=O)CCCCCCCCCCC. The number of unbranched alkanes of at least 4 members (excludes halogenated alkanes) is 38. The molecule has 1 amide bonds. The number of aliphatic hydroxyl groups is 2. The van der Waals surface area contributed by atoms with Gasteiger partial charge in [0.15, 0.2) is 0 Å². The number of ether oxygens (including phenoxy) is 1. The van der Waals surface area contributed by atoms with E-state index in [4.69, 9.17) is 4.74 Å². The highest BCUT2D eigenvalue weighted by Crippen LogP contribution is 2.19. The van der Waals surface area contributed by atoms with Crippen molar-refractivity contribution in [2.75, 3.05) is 6.61 Å². The predicted molar refractivity (Wildman–Crippen MR) is 260 cm³/mol. The molecule has 0 aliphatic rings. The Hall–Kier alpha value is -1.14. The summed E-state index contributed by atoms with van der Waals surface area (Å²) in [6.45, 7) is 6.51. The van der Waals surface area contributed by atoms with Crippen molar-refractivity contribution >= 4 is 11.9 Å². The maximum absolute atomic E-state index is 13.2. The molecule has 3 atom stereocenters. The average molecular weight is 850 g/mol. The quantitative estimate of drug-likeness (QED) is 0.0419. The summed E-state index contributed by atoms with van der Waals surface area (Å²) < 4.78 is 5.93. The van der Waals surface area contributed by atoms with Gasteiger partial charge in [0.2, 0.25) is 5.91 Å². The second-order valence-electron chi connectivity index (χ2n) is 19.0. The third kappa shape index (κ3) is 43.5. The summed E-state index contributed by atoms with van der Waals surface area (Å²) in [6.07, 6.45) is 53.1. The van der Waals surface area contributed by atoms with Crippen LogP contribution in [0.15, 0.2) is 0 Å². The van der Waals surface area contributed by atoms with E-state index in [1.54, 1.807) is 0 Å². The normalized spacial score (nSPS) is 13.1. The molecule has 0 radical (unpaired) electrons. The van der Waals surface area contributed by atoms with E-state index in [9.17, 15) is 19.8 Å². The highest BCUT2D eigenvalue weighted by atomic mass is 16.5. The molecule has 0 saturated carbocycles. The van der Waals surface area contributed by atoms with Gasteiger partial charge >= 0.3 is 5.97 Å². The Morgan fingerprint density at radius 1 is 0.417 bits per heavy atom. The van der Waals surface area contributed by atoms with Crippen molar-refractivity contribution < 1.29 is 24.5 Å². The lowest BCUT2D eigenvalue weighted by Gasteiger charge is -2.24. The zero-order valence-corrected chi connectivity index (χ0v) is 40.9. The first-order valence-electron chi connectivity index (χ1n) is 27.3. The number of carbonyl (C=O) groups excluding carboxylic acids is 2. The van der Waals surface area contributed by atoms with Gasteiger partial charge < -0.3 is 20.3 Å². The number of carbonyl (C=O) groups is 2. The van der Waals surface area contributed by atoms with E-state index in [1.165, 1.54) is 218 Å². The predicted octanol–water partition coefficient (Wildman–Crippen LogP) is 16.4. The molecule has 3 N–H and O–H groups in total. The van der Waals surface area contributed by atoms with Gasteiger partial charge in [-0.15, -0.1) is 0 Å². The first-order valence-corrected chi connectivity index (χ1v) is 27.3. The second kappa shape index (κ2) is 48.9. The summed E-state index contributed by atoms with van der Waals surface area (Å²) in [5.41, 5.74) is 0. The van der Waals surface area contributed by atoms with Gasteiger partial charge in [0.1, 0.15) is 6.10 Å². The molecule has 358 valence electrons. The summed E-state index contributed by atoms with van der Waals surface area (Å²) in [6, 6.07) is -0.692. The Bertz CT molecular complexity index is 867. The van der Waals surface area contributed by atoms with Gasteiger partial charge in [-0.2, -0.15) is 0 Å². The zero-order valence-electron chi connectivity index (χ0n) is 40.9. The lowest BCUT2D eigenvalue weighted by Crippen LogP contribution is -2.46. The van der Waals surface area contributed by atoms with Gasteiger partial charge in [0.05, 0.1) is 25.2 Å². The molecule has 0 aromatic carbocycles. The summed E-state index contributed by atoms with van der Waals surface area (Å²) in [5.74, 6) is -0.452. The monoisotopic (exact) mass is 850 g/mol. The molecule has 0 bridgehead atoms. The fourth-order valence-corrected chi connectivity index (χ4v) is 8.79. The van der Waals surface area contributed by atoms with E-state index < -0.39 is 18.2 Å². The van der Waals surface area contributed by atoms with Crippen LogP contribution in [0.3, 0.4) is 0 Å². The van der Waals surface area contributed by atoms with Crippen molar-refractivity contribution in [3.8, 4) is 0 Å². The first-order chi connectivity index (χ1) is 29.5. The van der Waals surface area contributed by atoms with Crippen molar-refractivity contribution in [3.05, 3.63) is 0 Å². The van der Waals surface area contributed by atoms with Crippen LogP contribution in [0, 0.1) is 0 Å². The van der Waals surface area contributed by atoms with Gasteiger partial charge in [-0.1, -0.05) is 271 Å². The minimum atomic E-state index is -0.779. The van der Waals surface area contributed by atoms with Crippen LogP contribution in [0.1, 0.15) is 310 Å². The molecule has 0 spiro atoms. The van der Waals surface area contributed by atoms with Crippen LogP contribution in [0.25, 0.3) is 0 Å². The third-order valence-corrected chi connectivity index (χ3v) is 12.9. The Balaban J connectivity index is 4.43. The molecule has 0 fully saturated rings. The summed E-state index contributed by atoms with van der Waals surface area (Å²) in [7, 11) is 0. The smallest absolute Gasteiger partial charge is 0.306 e. The van der Waals surface area contributed by atoms with Crippen LogP contribution in [-0.2, 0) is 14.3 Å². The van der Waals surface area contributed by atoms with Crippen molar-refractivity contribution in [2.45, 2.75) is 328 Å². The highest BCUT2D eigenvalue weighted by Gasteiger charge is 2.24. The minimum Gasteiger partial charge on any atom is -0.462 e. The Morgan fingerprint density at radius 2 is 0.700 bits per heavy atom.